The highest BCUT2D eigenvalue weighted by Gasteiger charge is 2.28. The largest absolute Gasteiger partial charge is 0.397 e. The molecule has 0 saturated carbocycles. The van der Waals surface area contributed by atoms with Crippen molar-refractivity contribution in [3.8, 4) is 0 Å². The molecule has 0 unspecified atom stereocenters. The Hall–Kier alpha value is -0.820. The summed E-state index contributed by atoms with van der Waals surface area (Å²) in [5.41, 5.74) is 6.75. The SMILES string of the molecule is CCN1CCN(S(=O)(=O)c2cc(C)c(Cl)c(N)c2)CC1. The molecule has 0 spiro atoms. The molecule has 0 amide bonds. The number of benzene rings is 1. The Balaban J connectivity index is 2.27. The fourth-order valence-electron chi connectivity index (χ4n) is 2.35. The van der Waals surface area contributed by atoms with Gasteiger partial charge in [-0.1, -0.05) is 18.5 Å². The summed E-state index contributed by atoms with van der Waals surface area (Å²) in [6, 6.07) is 3.02. The summed E-state index contributed by atoms with van der Waals surface area (Å²) in [6.45, 7) is 7.33. The van der Waals surface area contributed by atoms with Crippen LogP contribution >= 0.6 is 11.6 Å². The van der Waals surface area contributed by atoms with Crippen LogP contribution in [0.25, 0.3) is 0 Å². The standard InChI is InChI=1S/C13H20ClN3O2S/c1-3-16-4-6-17(7-5-16)20(18,19)11-8-10(2)13(14)12(15)9-11/h8-9H,3-7,15H2,1-2H3. The minimum atomic E-state index is -3.49. The van der Waals surface area contributed by atoms with Crippen LogP contribution in [-0.2, 0) is 10.0 Å². The van der Waals surface area contributed by atoms with E-state index in [9.17, 15) is 8.42 Å². The minimum absolute atomic E-state index is 0.224. The molecule has 0 atom stereocenters. The van der Waals surface area contributed by atoms with Gasteiger partial charge in [-0.25, -0.2) is 8.42 Å². The average molecular weight is 318 g/mol. The number of nitrogens with two attached hydrogens (primary N) is 1. The van der Waals surface area contributed by atoms with E-state index in [4.69, 9.17) is 17.3 Å². The number of hydrogen-bond donors (Lipinski definition) is 1. The van der Waals surface area contributed by atoms with Crippen LogP contribution in [0, 0.1) is 6.92 Å². The summed E-state index contributed by atoms with van der Waals surface area (Å²) in [6.07, 6.45) is 0. The van der Waals surface area contributed by atoms with Gasteiger partial charge in [-0.2, -0.15) is 4.31 Å². The molecule has 1 heterocycles. The van der Waals surface area contributed by atoms with Crippen molar-refractivity contribution in [3.63, 3.8) is 0 Å². The van der Waals surface area contributed by atoms with Gasteiger partial charge < -0.3 is 10.6 Å². The van der Waals surface area contributed by atoms with E-state index < -0.39 is 10.0 Å². The molecule has 0 bridgehead atoms. The topological polar surface area (TPSA) is 66.6 Å². The maximum Gasteiger partial charge on any atom is 0.243 e. The van der Waals surface area contributed by atoms with E-state index in [0.717, 1.165) is 19.6 Å². The predicted molar refractivity (Wildman–Crippen MR) is 81.5 cm³/mol. The number of sulfonamides is 1. The number of aryl methyl sites for hydroxylation is 1. The van der Waals surface area contributed by atoms with Crippen LogP contribution in [0.15, 0.2) is 17.0 Å². The zero-order valence-corrected chi connectivity index (χ0v) is 13.3. The first-order chi connectivity index (χ1) is 9.36. The molecule has 1 aromatic rings. The van der Waals surface area contributed by atoms with E-state index in [2.05, 4.69) is 11.8 Å². The first-order valence-corrected chi connectivity index (χ1v) is 8.46. The number of nitrogen functional groups attached to an aromatic ring is 1. The molecular formula is C13H20ClN3O2S. The van der Waals surface area contributed by atoms with Crippen molar-refractivity contribution in [1.29, 1.82) is 0 Å². The van der Waals surface area contributed by atoms with Crippen molar-refractivity contribution < 1.29 is 8.42 Å². The number of likely N-dealkylation sites (N-methyl/N-ethyl adjacent to an activating group) is 1. The first kappa shape index (κ1) is 15.6. The molecule has 0 aromatic heterocycles. The molecule has 0 radical (unpaired) electrons. The van der Waals surface area contributed by atoms with E-state index in [0.29, 0.717) is 29.4 Å². The number of rotatable bonds is 3. The molecule has 1 aliphatic heterocycles. The lowest BCUT2D eigenvalue weighted by molar-refractivity contribution is 0.196. The van der Waals surface area contributed by atoms with Gasteiger partial charge in [0.2, 0.25) is 10.0 Å². The molecule has 5 nitrogen and oxygen atoms in total. The molecule has 1 fully saturated rings. The summed E-state index contributed by atoms with van der Waals surface area (Å²) < 4.78 is 26.7. The van der Waals surface area contributed by atoms with Gasteiger partial charge in [0.15, 0.2) is 0 Å². The van der Waals surface area contributed by atoms with Crippen LogP contribution < -0.4 is 5.73 Å². The van der Waals surface area contributed by atoms with Crippen molar-refractivity contribution in [2.75, 3.05) is 38.5 Å². The number of nitrogens with zero attached hydrogens (tertiary/aromatic N) is 2. The maximum absolute atomic E-state index is 12.6. The third-order valence-electron chi connectivity index (χ3n) is 3.67. The molecule has 112 valence electrons. The molecule has 7 heteroatoms. The van der Waals surface area contributed by atoms with Crippen LogP contribution in [0.3, 0.4) is 0 Å². The normalized spacial score (nSPS) is 18.4. The first-order valence-electron chi connectivity index (χ1n) is 6.64. The molecule has 2 N–H and O–H groups in total. The molecule has 2 rings (SSSR count). The second-order valence-corrected chi connectivity index (χ2v) is 7.30. The average Bonchev–Trinajstić information content (AvgIpc) is 2.44. The van der Waals surface area contributed by atoms with Gasteiger partial charge in [0.05, 0.1) is 15.6 Å². The fourth-order valence-corrected chi connectivity index (χ4v) is 4.00. The lowest BCUT2D eigenvalue weighted by atomic mass is 10.2. The lowest BCUT2D eigenvalue weighted by Gasteiger charge is -2.33. The Bertz CT molecular complexity index is 573. The smallest absolute Gasteiger partial charge is 0.243 e. The van der Waals surface area contributed by atoms with Crippen LogP contribution in [0.4, 0.5) is 5.69 Å². The maximum atomic E-state index is 12.6. The minimum Gasteiger partial charge on any atom is -0.397 e. The molecule has 1 saturated heterocycles. The van der Waals surface area contributed by atoms with Gasteiger partial charge in [-0.3, -0.25) is 0 Å². The molecule has 1 aromatic carbocycles. The van der Waals surface area contributed by atoms with Crippen molar-refractivity contribution in [2.24, 2.45) is 0 Å². The Morgan fingerprint density at radius 1 is 1.25 bits per heavy atom. The van der Waals surface area contributed by atoms with Crippen molar-refractivity contribution >= 4 is 27.3 Å². The van der Waals surface area contributed by atoms with Crippen molar-refractivity contribution in [3.05, 3.63) is 22.7 Å². The third-order valence-corrected chi connectivity index (χ3v) is 6.07. The lowest BCUT2D eigenvalue weighted by Crippen LogP contribution is -2.48. The van der Waals surface area contributed by atoms with Crippen molar-refractivity contribution in [1.82, 2.24) is 9.21 Å². The number of hydrogen-bond acceptors (Lipinski definition) is 4. The second kappa shape index (κ2) is 5.89. The van der Waals surface area contributed by atoms with Crippen molar-refractivity contribution in [2.45, 2.75) is 18.7 Å². The summed E-state index contributed by atoms with van der Waals surface area (Å²) in [4.78, 5) is 2.45. The highest BCUT2D eigenvalue weighted by atomic mass is 35.5. The number of anilines is 1. The summed E-state index contributed by atoms with van der Waals surface area (Å²) in [5.74, 6) is 0. The van der Waals surface area contributed by atoms with Gasteiger partial charge in [-0.05, 0) is 31.2 Å². The van der Waals surface area contributed by atoms with E-state index >= 15 is 0 Å². The molecular weight excluding hydrogens is 298 g/mol. The van der Waals surface area contributed by atoms with Crippen LogP contribution in [0.1, 0.15) is 12.5 Å². The Morgan fingerprint density at radius 3 is 2.35 bits per heavy atom. The molecule has 20 heavy (non-hydrogen) atoms. The van der Waals surface area contributed by atoms with E-state index in [1.807, 2.05) is 0 Å². The fraction of sp³-hybridized carbons (Fsp3) is 0.538. The zero-order chi connectivity index (χ0) is 14.9. The zero-order valence-electron chi connectivity index (χ0n) is 11.8. The van der Waals surface area contributed by atoms with Gasteiger partial charge >= 0.3 is 0 Å². The Morgan fingerprint density at radius 2 is 1.85 bits per heavy atom. The van der Waals surface area contributed by atoms with E-state index in [1.54, 1.807) is 13.0 Å². The van der Waals surface area contributed by atoms with Gasteiger partial charge in [0, 0.05) is 26.2 Å². The van der Waals surface area contributed by atoms with Gasteiger partial charge in [-0.15, -0.1) is 0 Å². The highest BCUT2D eigenvalue weighted by Crippen LogP contribution is 2.28. The number of piperazine rings is 1. The molecule has 1 aliphatic rings. The summed E-state index contributed by atoms with van der Waals surface area (Å²) >= 11 is 5.98. The third kappa shape index (κ3) is 2.93. The van der Waals surface area contributed by atoms with E-state index in [-0.39, 0.29) is 4.90 Å². The van der Waals surface area contributed by atoms with Crippen LogP contribution in [0.2, 0.25) is 5.02 Å². The van der Waals surface area contributed by atoms with Crippen LogP contribution in [0.5, 0.6) is 0 Å². The van der Waals surface area contributed by atoms with Crippen LogP contribution in [-0.4, -0.2) is 50.3 Å². The molecule has 0 aliphatic carbocycles. The number of halogens is 1. The quantitative estimate of drug-likeness (QED) is 0.859. The Labute approximate surface area is 125 Å². The van der Waals surface area contributed by atoms with E-state index in [1.165, 1.54) is 10.4 Å². The monoisotopic (exact) mass is 317 g/mol. The summed E-state index contributed by atoms with van der Waals surface area (Å²) in [7, 11) is -3.49. The Kier molecular flexibility index (Phi) is 4.59. The van der Waals surface area contributed by atoms with Gasteiger partial charge in [0.1, 0.15) is 0 Å². The predicted octanol–water partition coefficient (Wildman–Crippen LogP) is 1.56. The second-order valence-electron chi connectivity index (χ2n) is 4.98. The summed E-state index contributed by atoms with van der Waals surface area (Å²) in [5, 5.41) is 0.416. The van der Waals surface area contributed by atoms with Gasteiger partial charge in [0.25, 0.3) is 0 Å². The highest BCUT2D eigenvalue weighted by molar-refractivity contribution is 7.89.